The second-order valence-electron chi connectivity index (χ2n) is 3.57. The van der Waals surface area contributed by atoms with Gasteiger partial charge >= 0.3 is 0 Å². The molecule has 0 unspecified atom stereocenters. The smallest absolute Gasteiger partial charge is 0.197 e. The maximum atomic E-state index is 11.8. The Kier molecular flexibility index (Phi) is 4.18. The van der Waals surface area contributed by atoms with Crippen LogP contribution in [0.15, 0.2) is 41.8 Å². The van der Waals surface area contributed by atoms with Gasteiger partial charge in [0.15, 0.2) is 5.78 Å². The number of rotatable bonds is 4. The Labute approximate surface area is 114 Å². The predicted octanol–water partition coefficient (Wildman–Crippen LogP) is 4.31. The second kappa shape index (κ2) is 5.85. The van der Waals surface area contributed by atoms with Crippen molar-refractivity contribution in [1.29, 1.82) is 0 Å². The molecule has 0 amide bonds. The number of carbonyl (C=O) groups is 1. The van der Waals surface area contributed by atoms with Gasteiger partial charge in [-0.2, -0.15) is 0 Å². The lowest BCUT2D eigenvalue weighted by Crippen LogP contribution is -1.90. The van der Waals surface area contributed by atoms with Gasteiger partial charge < -0.3 is 4.74 Å². The summed E-state index contributed by atoms with van der Waals surface area (Å²) >= 11 is 7.24. The number of carbonyl (C=O) groups excluding carboxylic acids is 1. The molecule has 0 aliphatic carbocycles. The zero-order valence-electron chi connectivity index (χ0n) is 9.72. The first-order chi connectivity index (χ1) is 8.70. The summed E-state index contributed by atoms with van der Waals surface area (Å²) in [5.41, 5.74) is 0.942. The minimum Gasteiger partial charge on any atom is -0.497 e. The highest BCUT2D eigenvalue weighted by atomic mass is 35.5. The van der Waals surface area contributed by atoms with E-state index in [-0.39, 0.29) is 5.78 Å². The molecule has 0 fully saturated rings. The molecule has 0 spiro atoms. The van der Waals surface area contributed by atoms with E-state index in [1.807, 2.05) is 24.3 Å². The van der Waals surface area contributed by atoms with Crippen molar-refractivity contribution >= 4 is 34.8 Å². The van der Waals surface area contributed by atoms with Crippen LogP contribution in [-0.4, -0.2) is 12.9 Å². The monoisotopic (exact) mass is 278 g/mol. The molecule has 18 heavy (non-hydrogen) atoms. The first-order valence-electron chi connectivity index (χ1n) is 5.30. The molecule has 0 atom stereocenters. The Balaban J connectivity index is 2.11. The van der Waals surface area contributed by atoms with E-state index in [4.69, 9.17) is 16.3 Å². The molecule has 92 valence electrons. The molecule has 0 bridgehead atoms. The summed E-state index contributed by atoms with van der Waals surface area (Å²) in [6.07, 6.45) is 3.29. The lowest BCUT2D eigenvalue weighted by molar-refractivity contribution is 0.105. The third kappa shape index (κ3) is 3.00. The molecule has 0 radical (unpaired) electrons. The standard InChI is InChI=1S/C14H11ClO2S/c1-17-11-5-2-10(3-6-11)4-7-13(16)14-12(15)8-9-18-14/h2-9H,1H3. The van der Waals surface area contributed by atoms with Gasteiger partial charge in [-0.05, 0) is 35.2 Å². The first kappa shape index (κ1) is 12.9. The number of halogens is 1. The van der Waals surface area contributed by atoms with Crippen molar-refractivity contribution in [3.05, 3.63) is 57.3 Å². The average Bonchev–Trinajstić information content (AvgIpc) is 2.83. The largest absolute Gasteiger partial charge is 0.497 e. The lowest BCUT2D eigenvalue weighted by atomic mass is 10.2. The van der Waals surface area contributed by atoms with Gasteiger partial charge in [0.05, 0.1) is 17.0 Å². The topological polar surface area (TPSA) is 26.3 Å². The van der Waals surface area contributed by atoms with Crippen LogP contribution in [-0.2, 0) is 0 Å². The first-order valence-corrected chi connectivity index (χ1v) is 6.56. The second-order valence-corrected chi connectivity index (χ2v) is 4.89. The van der Waals surface area contributed by atoms with Gasteiger partial charge in [-0.1, -0.05) is 29.8 Å². The number of hydrogen-bond donors (Lipinski definition) is 0. The SMILES string of the molecule is COc1ccc(C=CC(=O)c2sccc2Cl)cc1. The molecule has 1 aromatic heterocycles. The third-order valence-electron chi connectivity index (χ3n) is 2.38. The molecule has 2 nitrogen and oxygen atoms in total. The van der Waals surface area contributed by atoms with E-state index in [2.05, 4.69) is 0 Å². The van der Waals surface area contributed by atoms with Crippen LogP contribution in [0.5, 0.6) is 5.75 Å². The van der Waals surface area contributed by atoms with E-state index in [9.17, 15) is 4.79 Å². The van der Waals surface area contributed by atoms with E-state index in [1.165, 1.54) is 17.4 Å². The minimum absolute atomic E-state index is 0.0779. The minimum atomic E-state index is -0.0779. The number of thiophene rings is 1. The van der Waals surface area contributed by atoms with Gasteiger partial charge in [0.2, 0.25) is 0 Å². The fourth-order valence-electron chi connectivity index (χ4n) is 1.43. The van der Waals surface area contributed by atoms with Crippen molar-refractivity contribution in [3.8, 4) is 5.75 Å². The summed E-state index contributed by atoms with van der Waals surface area (Å²) in [5, 5.41) is 2.31. The summed E-state index contributed by atoms with van der Waals surface area (Å²) in [7, 11) is 1.62. The number of methoxy groups -OCH3 is 1. The summed E-state index contributed by atoms with van der Waals surface area (Å²) in [6.45, 7) is 0. The summed E-state index contributed by atoms with van der Waals surface area (Å²) in [6, 6.07) is 9.20. The average molecular weight is 279 g/mol. The Morgan fingerprint density at radius 1 is 1.28 bits per heavy atom. The highest BCUT2D eigenvalue weighted by Gasteiger charge is 2.08. The fourth-order valence-corrected chi connectivity index (χ4v) is 2.50. The van der Waals surface area contributed by atoms with Crippen LogP contribution in [0.1, 0.15) is 15.2 Å². The number of ketones is 1. The van der Waals surface area contributed by atoms with Crippen LogP contribution in [0, 0.1) is 0 Å². The number of allylic oxidation sites excluding steroid dienone is 1. The lowest BCUT2D eigenvalue weighted by Gasteiger charge is -1.98. The fraction of sp³-hybridized carbons (Fsp3) is 0.0714. The van der Waals surface area contributed by atoms with Crippen LogP contribution in [0.2, 0.25) is 5.02 Å². The van der Waals surface area contributed by atoms with Gasteiger partial charge in [-0.25, -0.2) is 0 Å². The number of ether oxygens (including phenoxy) is 1. The highest BCUT2D eigenvalue weighted by Crippen LogP contribution is 2.23. The maximum absolute atomic E-state index is 11.8. The van der Waals surface area contributed by atoms with Crippen LogP contribution < -0.4 is 4.74 Å². The summed E-state index contributed by atoms with van der Waals surface area (Å²) in [4.78, 5) is 12.4. The van der Waals surface area contributed by atoms with Gasteiger partial charge in [0, 0.05) is 0 Å². The van der Waals surface area contributed by atoms with Crippen molar-refractivity contribution < 1.29 is 9.53 Å². The summed E-state index contributed by atoms with van der Waals surface area (Å²) in [5.74, 6) is 0.714. The molecule has 1 aromatic carbocycles. The molecule has 0 aliphatic rings. The van der Waals surface area contributed by atoms with Crippen LogP contribution in [0.4, 0.5) is 0 Å². The zero-order valence-corrected chi connectivity index (χ0v) is 11.3. The molecule has 1 heterocycles. The Morgan fingerprint density at radius 2 is 2.00 bits per heavy atom. The van der Waals surface area contributed by atoms with E-state index < -0.39 is 0 Å². The maximum Gasteiger partial charge on any atom is 0.197 e. The van der Waals surface area contributed by atoms with Gasteiger partial charge in [0.1, 0.15) is 5.75 Å². The van der Waals surface area contributed by atoms with Crippen LogP contribution in [0.3, 0.4) is 0 Å². The molecule has 4 heteroatoms. The normalized spacial score (nSPS) is 10.8. The Hall–Kier alpha value is -1.58. The van der Waals surface area contributed by atoms with Crippen LogP contribution in [0.25, 0.3) is 6.08 Å². The molecule has 0 saturated heterocycles. The van der Waals surface area contributed by atoms with E-state index in [0.29, 0.717) is 9.90 Å². The van der Waals surface area contributed by atoms with Gasteiger partial charge in [-0.3, -0.25) is 4.79 Å². The molecule has 2 aromatic rings. The van der Waals surface area contributed by atoms with Crippen LogP contribution >= 0.6 is 22.9 Å². The molecular formula is C14H11ClO2S. The molecule has 0 N–H and O–H groups in total. The van der Waals surface area contributed by atoms with Gasteiger partial charge in [0.25, 0.3) is 0 Å². The van der Waals surface area contributed by atoms with Crippen molar-refractivity contribution in [2.45, 2.75) is 0 Å². The molecule has 0 aliphatic heterocycles. The van der Waals surface area contributed by atoms with Crippen molar-refractivity contribution in [3.63, 3.8) is 0 Å². The molecule has 0 saturated carbocycles. The Morgan fingerprint density at radius 3 is 2.56 bits per heavy atom. The molecule has 2 rings (SSSR count). The van der Waals surface area contributed by atoms with Crippen molar-refractivity contribution in [1.82, 2.24) is 0 Å². The number of benzene rings is 1. The highest BCUT2D eigenvalue weighted by molar-refractivity contribution is 7.13. The quantitative estimate of drug-likeness (QED) is 0.615. The van der Waals surface area contributed by atoms with Crippen molar-refractivity contribution in [2.75, 3.05) is 7.11 Å². The Bertz CT molecular complexity index is 570. The third-order valence-corrected chi connectivity index (χ3v) is 3.74. The van der Waals surface area contributed by atoms with Crippen molar-refractivity contribution in [2.24, 2.45) is 0 Å². The molecular weight excluding hydrogens is 268 g/mol. The van der Waals surface area contributed by atoms with E-state index in [0.717, 1.165) is 11.3 Å². The van der Waals surface area contributed by atoms with Gasteiger partial charge in [-0.15, -0.1) is 11.3 Å². The number of hydrogen-bond acceptors (Lipinski definition) is 3. The zero-order chi connectivity index (χ0) is 13.0. The predicted molar refractivity (Wildman–Crippen MR) is 75.7 cm³/mol. The van der Waals surface area contributed by atoms with E-state index in [1.54, 1.807) is 24.6 Å². The summed E-state index contributed by atoms with van der Waals surface area (Å²) < 4.78 is 5.06. The van der Waals surface area contributed by atoms with E-state index >= 15 is 0 Å².